The number of aromatic nitrogens is 2. The van der Waals surface area contributed by atoms with Crippen molar-refractivity contribution in [1.29, 1.82) is 5.41 Å². The van der Waals surface area contributed by atoms with Crippen LogP contribution in [0.1, 0.15) is 0 Å². The molecule has 0 bridgehead atoms. The molecule has 4 nitrogen and oxygen atoms in total. The van der Waals surface area contributed by atoms with Gasteiger partial charge in [0.1, 0.15) is 0 Å². The summed E-state index contributed by atoms with van der Waals surface area (Å²) in [5, 5.41) is 10.4. The molecular formula is C15H14N4S. The van der Waals surface area contributed by atoms with E-state index in [-0.39, 0.29) is 0 Å². The van der Waals surface area contributed by atoms with Gasteiger partial charge in [-0.2, -0.15) is 0 Å². The first-order valence-electron chi connectivity index (χ1n) is 6.25. The van der Waals surface area contributed by atoms with Crippen LogP contribution in [-0.2, 0) is 0 Å². The maximum absolute atomic E-state index is 8.39. The molecule has 3 aromatic rings. The third-order valence-corrected chi connectivity index (χ3v) is 3.96. The molecule has 0 amide bonds. The highest BCUT2D eigenvalue weighted by atomic mass is 32.1. The highest BCUT2D eigenvalue weighted by molar-refractivity contribution is 7.13. The standard InChI is InChI=1S/C15H14N4S/c1-17-19-13(14-6-4-10-20-14)8-7-11(15(19)16)12-5-2-3-9-18-12/h2-10,16-17H,1H3. The van der Waals surface area contributed by atoms with E-state index < -0.39 is 0 Å². The van der Waals surface area contributed by atoms with Gasteiger partial charge in [0.15, 0.2) is 5.49 Å². The highest BCUT2D eigenvalue weighted by Gasteiger charge is 2.10. The number of thiophene rings is 1. The average Bonchev–Trinajstić information content (AvgIpc) is 3.02. The predicted molar refractivity (Wildman–Crippen MR) is 82.1 cm³/mol. The van der Waals surface area contributed by atoms with Gasteiger partial charge in [-0.1, -0.05) is 12.1 Å². The van der Waals surface area contributed by atoms with E-state index in [4.69, 9.17) is 5.41 Å². The lowest BCUT2D eigenvalue weighted by atomic mass is 10.1. The van der Waals surface area contributed by atoms with Gasteiger partial charge in [-0.3, -0.25) is 10.4 Å². The molecule has 0 aromatic carbocycles. The molecule has 3 heterocycles. The number of rotatable bonds is 3. The van der Waals surface area contributed by atoms with Crippen LogP contribution in [0.15, 0.2) is 54.0 Å². The summed E-state index contributed by atoms with van der Waals surface area (Å²) in [7, 11) is 1.82. The van der Waals surface area contributed by atoms with Gasteiger partial charge in [0.05, 0.1) is 16.3 Å². The van der Waals surface area contributed by atoms with Crippen LogP contribution in [-0.4, -0.2) is 16.7 Å². The van der Waals surface area contributed by atoms with Crippen LogP contribution in [0.25, 0.3) is 21.8 Å². The van der Waals surface area contributed by atoms with Crippen LogP contribution in [0.5, 0.6) is 0 Å². The minimum Gasteiger partial charge on any atom is -0.327 e. The van der Waals surface area contributed by atoms with Crippen molar-refractivity contribution in [2.24, 2.45) is 0 Å². The number of hydrogen-bond acceptors (Lipinski definition) is 4. The molecule has 0 aliphatic heterocycles. The van der Waals surface area contributed by atoms with Gasteiger partial charge >= 0.3 is 0 Å². The molecule has 0 spiro atoms. The second-order valence-corrected chi connectivity index (χ2v) is 5.18. The summed E-state index contributed by atoms with van der Waals surface area (Å²) in [5.74, 6) is 0. The maximum atomic E-state index is 8.39. The van der Waals surface area contributed by atoms with Crippen LogP contribution in [0.2, 0.25) is 0 Å². The summed E-state index contributed by atoms with van der Waals surface area (Å²) in [6.07, 6.45) is 1.74. The molecule has 0 unspecified atom stereocenters. The van der Waals surface area contributed by atoms with Gasteiger partial charge in [0.25, 0.3) is 0 Å². The third-order valence-electron chi connectivity index (χ3n) is 3.07. The molecule has 0 saturated carbocycles. The van der Waals surface area contributed by atoms with E-state index in [2.05, 4.69) is 10.4 Å². The molecule has 0 radical (unpaired) electrons. The van der Waals surface area contributed by atoms with Gasteiger partial charge in [-0.05, 0) is 35.7 Å². The fraction of sp³-hybridized carbons (Fsp3) is 0.0667. The Morgan fingerprint density at radius 1 is 1.15 bits per heavy atom. The molecule has 0 fully saturated rings. The molecule has 3 rings (SSSR count). The molecule has 0 saturated heterocycles. The van der Waals surface area contributed by atoms with E-state index in [1.807, 2.05) is 54.9 Å². The van der Waals surface area contributed by atoms with Crippen molar-refractivity contribution >= 4 is 11.3 Å². The monoisotopic (exact) mass is 282 g/mol. The molecule has 100 valence electrons. The summed E-state index contributed by atoms with van der Waals surface area (Å²) >= 11 is 1.66. The van der Waals surface area contributed by atoms with Crippen LogP contribution in [0, 0.1) is 5.41 Å². The lowest BCUT2D eigenvalue weighted by molar-refractivity contribution is 0.842. The lowest BCUT2D eigenvalue weighted by Gasteiger charge is -2.14. The summed E-state index contributed by atoms with van der Waals surface area (Å²) in [6, 6.07) is 13.7. The summed E-state index contributed by atoms with van der Waals surface area (Å²) in [6.45, 7) is 0. The van der Waals surface area contributed by atoms with Gasteiger partial charge in [0.2, 0.25) is 0 Å². The van der Waals surface area contributed by atoms with Gasteiger partial charge in [-0.15, -0.1) is 11.3 Å². The first kappa shape index (κ1) is 12.6. The molecule has 20 heavy (non-hydrogen) atoms. The summed E-state index contributed by atoms with van der Waals surface area (Å²) in [5.41, 5.74) is 6.06. The largest absolute Gasteiger partial charge is 0.327 e. The zero-order valence-electron chi connectivity index (χ0n) is 11.0. The number of pyridine rings is 2. The first-order valence-corrected chi connectivity index (χ1v) is 7.13. The average molecular weight is 282 g/mol. The fourth-order valence-electron chi connectivity index (χ4n) is 2.13. The predicted octanol–water partition coefficient (Wildman–Crippen LogP) is 2.93. The Morgan fingerprint density at radius 3 is 2.70 bits per heavy atom. The third kappa shape index (κ3) is 2.12. The van der Waals surface area contributed by atoms with Crippen molar-refractivity contribution in [3.63, 3.8) is 0 Å². The Hall–Kier alpha value is -2.40. The van der Waals surface area contributed by atoms with Crippen molar-refractivity contribution in [3.05, 3.63) is 59.5 Å². The molecule has 2 N–H and O–H groups in total. The second kappa shape index (κ2) is 5.30. The van der Waals surface area contributed by atoms with Crippen LogP contribution in [0.3, 0.4) is 0 Å². The molecule has 5 heteroatoms. The minimum atomic E-state index is 0.400. The first-order chi connectivity index (χ1) is 9.81. The van der Waals surface area contributed by atoms with E-state index in [9.17, 15) is 0 Å². The maximum Gasteiger partial charge on any atom is 0.153 e. The molecule has 0 aliphatic carbocycles. The topological polar surface area (TPSA) is 53.7 Å². The quantitative estimate of drug-likeness (QED) is 0.776. The zero-order chi connectivity index (χ0) is 13.9. The van der Waals surface area contributed by atoms with Crippen LogP contribution < -0.4 is 10.9 Å². The molecule has 0 atom stereocenters. The molecule has 0 aliphatic rings. The Morgan fingerprint density at radius 2 is 2.05 bits per heavy atom. The van der Waals surface area contributed by atoms with E-state index in [0.717, 1.165) is 21.8 Å². The van der Waals surface area contributed by atoms with Crippen molar-refractivity contribution in [3.8, 4) is 21.8 Å². The van der Waals surface area contributed by atoms with Gasteiger partial charge in [0, 0.05) is 18.8 Å². The van der Waals surface area contributed by atoms with E-state index in [1.54, 1.807) is 22.2 Å². The fourth-order valence-corrected chi connectivity index (χ4v) is 2.88. The highest BCUT2D eigenvalue weighted by Crippen LogP contribution is 2.24. The minimum absolute atomic E-state index is 0.400. The zero-order valence-corrected chi connectivity index (χ0v) is 11.8. The molecule has 3 aromatic heterocycles. The van der Waals surface area contributed by atoms with Crippen molar-refractivity contribution in [1.82, 2.24) is 9.66 Å². The molecular weight excluding hydrogens is 268 g/mol. The second-order valence-electron chi connectivity index (χ2n) is 4.23. The normalized spacial score (nSPS) is 10.4. The SMILES string of the molecule is CNn1c(-c2cccs2)ccc(-c2ccccn2)c1=N. The number of nitrogens with one attached hydrogen (secondary N) is 2. The van der Waals surface area contributed by atoms with Crippen molar-refractivity contribution in [2.75, 3.05) is 12.5 Å². The van der Waals surface area contributed by atoms with Gasteiger partial charge < -0.3 is 5.43 Å². The number of nitrogens with zero attached hydrogens (tertiary/aromatic N) is 2. The van der Waals surface area contributed by atoms with Crippen molar-refractivity contribution < 1.29 is 0 Å². The Bertz CT molecular complexity index is 760. The van der Waals surface area contributed by atoms with Gasteiger partial charge in [-0.25, -0.2) is 4.68 Å². The lowest BCUT2D eigenvalue weighted by Crippen LogP contribution is -2.29. The summed E-state index contributed by atoms with van der Waals surface area (Å²) < 4.78 is 1.77. The van der Waals surface area contributed by atoms with Crippen LogP contribution >= 0.6 is 11.3 Å². The Balaban J connectivity index is 2.20. The van der Waals surface area contributed by atoms with Crippen molar-refractivity contribution in [2.45, 2.75) is 0 Å². The summed E-state index contributed by atoms with van der Waals surface area (Å²) in [4.78, 5) is 5.44. The van der Waals surface area contributed by atoms with E-state index in [0.29, 0.717) is 5.49 Å². The number of hydrogen-bond donors (Lipinski definition) is 2. The smallest absolute Gasteiger partial charge is 0.153 e. The van der Waals surface area contributed by atoms with E-state index in [1.165, 1.54) is 0 Å². The Kier molecular flexibility index (Phi) is 3.35. The van der Waals surface area contributed by atoms with E-state index >= 15 is 0 Å². The Labute approximate surface area is 120 Å². The van der Waals surface area contributed by atoms with Crippen LogP contribution in [0.4, 0.5) is 0 Å².